The molecule has 1 aromatic carbocycles. The van der Waals surface area contributed by atoms with Crippen molar-refractivity contribution < 1.29 is 14.3 Å². The molecule has 0 atom stereocenters. The maximum absolute atomic E-state index is 11.9. The molecule has 0 radical (unpaired) electrons. The molecule has 1 rings (SSSR count). The van der Waals surface area contributed by atoms with E-state index in [1.165, 1.54) is 7.11 Å². The van der Waals surface area contributed by atoms with Crippen molar-refractivity contribution >= 4 is 11.7 Å². The van der Waals surface area contributed by atoms with Crippen LogP contribution in [-0.4, -0.2) is 19.7 Å². The molecule has 0 amide bonds. The monoisotopic (exact) mass is 251 g/mol. The average molecular weight is 251 g/mol. The second kappa shape index (κ2) is 5.76. The standard InChI is InChI=1S/C14H21NO3/c1-14(2,3)8-9-18-13(16)12-10(15)6-5-7-11(12)17-4/h5-7H,8-9,15H2,1-4H3. The van der Waals surface area contributed by atoms with E-state index in [0.29, 0.717) is 23.6 Å². The van der Waals surface area contributed by atoms with Crippen molar-refractivity contribution in [3.8, 4) is 5.75 Å². The minimum atomic E-state index is -0.436. The molecule has 4 nitrogen and oxygen atoms in total. The van der Waals surface area contributed by atoms with Crippen LogP contribution in [0.4, 0.5) is 5.69 Å². The number of nitrogens with two attached hydrogens (primary N) is 1. The number of nitrogen functional groups attached to an aromatic ring is 1. The fraction of sp³-hybridized carbons (Fsp3) is 0.500. The van der Waals surface area contributed by atoms with Crippen molar-refractivity contribution in [2.24, 2.45) is 5.41 Å². The second-order valence-corrected chi connectivity index (χ2v) is 5.37. The van der Waals surface area contributed by atoms with Gasteiger partial charge < -0.3 is 15.2 Å². The Balaban J connectivity index is 2.73. The molecule has 0 heterocycles. The highest BCUT2D eigenvalue weighted by molar-refractivity contribution is 5.98. The van der Waals surface area contributed by atoms with E-state index in [1.807, 2.05) is 0 Å². The molecule has 0 aliphatic carbocycles. The van der Waals surface area contributed by atoms with Gasteiger partial charge in [0.1, 0.15) is 11.3 Å². The molecule has 0 saturated heterocycles. The van der Waals surface area contributed by atoms with E-state index in [0.717, 1.165) is 6.42 Å². The highest BCUT2D eigenvalue weighted by Gasteiger charge is 2.18. The first-order valence-electron chi connectivity index (χ1n) is 5.95. The van der Waals surface area contributed by atoms with Gasteiger partial charge >= 0.3 is 5.97 Å². The Morgan fingerprint density at radius 1 is 1.33 bits per heavy atom. The Kier molecular flexibility index (Phi) is 4.59. The van der Waals surface area contributed by atoms with Gasteiger partial charge in [-0.2, -0.15) is 0 Å². The predicted molar refractivity (Wildman–Crippen MR) is 71.8 cm³/mol. The quantitative estimate of drug-likeness (QED) is 0.660. The number of hydrogen-bond donors (Lipinski definition) is 1. The van der Waals surface area contributed by atoms with Gasteiger partial charge in [0, 0.05) is 5.69 Å². The molecule has 0 aromatic heterocycles. The number of carbonyl (C=O) groups excluding carboxylic acids is 1. The summed E-state index contributed by atoms with van der Waals surface area (Å²) in [5.74, 6) is 0.00459. The first-order valence-corrected chi connectivity index (χ1v) is 5.95. The Bertz CT molecular complexity index is 422. The Morgan fingerprint density at radius 2 is 2.00 bits per heavy atom. The lowest BCUT2D eigenvalue weighted by molar-refractivity contribution is 0.0462. The van der Waals surface area contributed by atoms with Gasteiger partial charge in [-0.1, -0.05) is 26.8 Å². The minimum Gasteiger partial charge on any atom is -0.496 e. The fourth-order valence-corrected chi connectivity index (χ4v) is 1.46. The van der Waals surface area contributed by atoms with Crippen molar-refractivity contribution in [2.45, 2.75) is 27.2 Å². The van der Waals surface area contributed by atoms with E-state index >= 15 is 0 Å². The van der Waals surface area contributed by atoms with Gasteiger partial charge in [-0.3, -0.25) is 0 Å². The third-order valence-electron chi connectivity index (χ3n) is 2.57. The summed E-state index contributed by atoms with van der Waals surface area (Å²) in [7, 11) is 1.50. The van der Waals surface area contributed by atoms with Gasteiger partial charge in [0.25, 0.3) is 0 Å². The number of rotatable bonds is 4. The largest absolute Gasteiger partial charge is 0.496 e. The summed E-state index contributed by atoms with van der Waals surface area (Å²) in [6.45, 7) is 6.66. The van der Waals surface area contributed by atoms with Gasteiger partial charge in [-0.25, -0.2) is 4.79 Å². The molecule has 0 unspecified atom stereocenters. The Hall–Kier alpha value is -1.71. The molecule has 0 saturated carbocycles. The zero-order chi connectivity index (χ0) is 13.8. The summed E-state index contributed by atoms with van der Waals surface area (Å²) in [5.41, 5.74) is 6.58. The predicted octanol–water partition coefficient (Wildman–Crippen LogP) is 2.87. The van der Waals surface area contributed by atoms with E-state index in [-0.39, 0.29) is 5.41 Å². The smallest absolute Gasteiger partial charge is 0.344 e. The van der Waals surface area contributed by atoms with Crippen LogP contribution in [0.1, 0.15) is 37.6 Å². The summed E-state index contributed by atoms with van der Waals surface area (Å²) in [6, 6.07) is 5.08. The molecule has 2 N–H and O–H groups in total. The Labute approximate surface area is 108 Å². The van der Waals surface area contributed by atoms with Crippen molar-refractivity contribution in [2.75, 3.05) is 19.5 Å². The van der Waals surface area contributed by atoms with Crippen LogP contribution >= 0.6 is 0 Å². The number of esters is 1. The van der Waals surface area contributed by atoms with E-state index in [9.17, 15) is 4.79 Å². The van der Waals surface area contributed by atoms with Crippen molar-refractivity contribution in [1.82, 2.24) is 0 Å². The first kappa shape index (κ1) is 14.4. The molecule has 0 fully saturated rings. The van der Waals surface area contributed by atoms with Crippen LogP contribution in [0.5, 0.6) is 5.75 Å². The number of anilines is 1. The zero-order valence-electron chi connectivity index (χ0n) is 11.4. The highest BCUT2D eigenvalue weighted by Crippen LogP contribution is 2.25. The number of ether oxygens (including phenoxy) is 2. The lowest BCUT2D eigenvalue weighted by Gasteiger charge is -2.18. The summed E-state index contributed by atoms with van der Waals surface area (Å²) < 4.78 is 10.3. The number of carbonyl (C=O) groups is 1. The van der Waals surface area contributed by atoms with Crippen LogP contribution < -0.4 is 10.5 Å². The third-order valence-corrected chi connectivity index (χ3v) is 2.57. The van der Waals surface area contributed by atoms with Gasteiger partial charge in [-0.15, -0.1) is 0 Å². The summed E-state index contributed by atoms with van der Waals surface area (Å²) in [6.07, 6.45) is 0.799. The molecule has 18 heavy (non-hydrogen) atoms. The lowest BCUT2D eigenvalue weighted by Crippen LogP contribution is -2.15. The molecule has 0 aliphatic heterocycles. The topological polar surface area (TPSA) is 61.5 Å². The van der Waals surface area contributed by atoms with Crippen molar-refractivity contribution in [3.05, 3.63) is 23.8 Å². The number of methoxy groups -OCH3 is 1. The molecule has 1 aromatic rings. The minimum absolute atomic E-state index is 0.132. The molecular weight excluding hydrogens is 230 g/mol. The fourth-order valence-electron chi connectivity index (χ4n) is 1.46. The molecule has 4 heteroatoms. The summed E-state index contributed by atoms with van der Waals surface area (Å²) >= 11 is 0. The first-order chi connectivity index (χ1) is 8.35. The van der Waals surface area contributed by atoms with Crippen LogP contribution in [0, 0.1) is 5.41 Å². The zero-order valence-corrected chi connectivity index (χ0v) is 11.4. The van der Waals surface area contributed by atoms with E-state index < -0.39 is 5.97 Å². The molecule has 100 valence electrons. The summed E-state index contributed by atoms with van der Waals surface area (Å²) in [5, 5.41) is 0. The molecule has 0 spiro atoms. The van der Waals surface area contributed by atoms with Crippen LogP contribution in [0.15, 0.2) is 18.2 Å². The van der Waals surface area contributed by atoms with Crippen LogP contribution in [0.25, 0.3) is 0 Å². The number of hydrogen-bond acceptors (Lipinski definition) is 4. The summed E-state index contributed by atoms with van der Waals surface area (Å²) in [4.78, 5) is 11.9. The van der Waals surface area contributed by atoms with E-state index in [1.54, 1.807) is 18.2 Å². The van der Waals surface area contributed by atoms with Crippen LogP contribution in [0.2, 0.25) is 0 Å². The highest BCUT2D eigenvalue weighted by atomic mass is 16.5. The number of benzene rings is 1. The molecule has 0 aliphatic rings. The van der Waals surface area contributed by atoms with Gasteiger partial charge in [0.2, 0.25) is 0 Å². The maximum Gasteiger partial charge on any atom is 0.344 e. The average Bonchev–Trinajstić information content (AvgIpc) is 2.26. The molecular formula is C14H21NO3. The Morgan fingerprint density at radius 3 is 2.56 bits per heavy atom. The van der Waals surface area contributed by atoms with Crippen LogP contribution in [-0.2, 0) is 4.74 Å². The normalized spacial score (nSPS) is 11.1. The SMILES string of the molecule is COc1cccc(N)c1C(=O)OCCC(C)(C)C. The van der Waals surface area contributed by atoms with Crippen LogP contribution in [0.3, 0.4) is 0 Å². The lowest BCUT2D eigenvalue weighted by atomic mass is 9.93. The second-order valence-electron chi connectivity index (χ2n) is 5.37. The van der Waals surface area contributed by atoms with E-state index in [2.05, 4.69) is 20.8 Å². The van der Waals surface area contributed by atoms with Crippen molar-refractivity contribution in [3.63, 3.8) is 0 Å². The third kappa shape index (κ3) is 3.95. The van der Waals surface area contributed by atoms with Gasteiger partial charge in [-0.05, 0) is 24.0 Å². The van der Waals surface area contributed by atoms with Crippen molar-refractivity contribution in [1.29, 1.82) is 0 Å². The van der Waals surface area contributed by atoms with Gasteiger partial charge in [0.15, 0.2) is 0 Å². The van der Waals surface area contributed by atoms with Gasteiger partial charge in [0.05, 0.1) is 13.7 Å². The molecule has 0 bridgehead atoms. The van der Waals surface area contributed by atoms with E-state index in [4.69, 9.17) is 15.2 Å². The maximum atomic E-state index is 11.9.